The molecule has 0 aliphatic heterocycles. The molecule has 0 saturated carbocycles. The highest BCUT2D eigenvalue weighted by atomic mass is 32.2. The summed E-state index contributed by atoms with van der Waals surface area (Å²) in [4.78, 5) is 4.27. The van der Waals surface area contributed by atoms with Crippen LogP contribution in [0.4, 0.5) is 0 Å². The van der Waals surface area contributed by atoms with Crippen LogP contribution in [-0.2, 0) is 10.1 Å². The molecule has 2 rings (SSSR count). The van der Waals surface area contributed by atoms with Crippen molar-refractivity contribution in [3.8, 4) is 16.5 Å². The summed E-state index contributed by atoms with van der Waals surface area (Å²) in [5.74, 6) is 0.155. The van der Waals surface area contributed by atoms with Crippen LogP contribution in [0.1, 0.15) is 24.5 Å². The van der Waals surface area contributed by atoms with Crippen molar-refractivity contribution in [3.63, 3.8) is 0 Å². The molecule has 2 aromatic rings. The van der Waals surface area contributed by atoms with Crippen molar-refractivity contribution >= 4 is 21.5 Å². The van der Waals surface area contributed by atoms with Crippen molar-refractivity contribution in [2.75, 3.05) is 5.75 Å². The molecular weight excluding hydrogens is 294 g/mol. The summed E-state index contributed by atoms with van der Waals surface area (Å²) >= 11 is 1.38. The number of hydrogen-bond donors (Lipinski definition) is 0. The summed E-state index contributed by atoms with van der Waals surface area (Å²) in [7, 11) is -3.53. The Morgan fingerprint density at radius 1 is 1.30 bits per heavy atom. The van der Waals surface area contributed by atoms with Crippen molar-refractivity contribution in [2.45, 2.75) is 27.2 Å². The second-order valence-corrected chi connectivity index (χ2v) is 7.20. The summed E-state index contributed by atoms with van der Waals surface area (Å²) in [6.45, 7) is 5.81. The average molecular weight is 311 g/mol. The van der Waals surface area contributed by atoms with E-state index in [1.807, 2.05) is 32.0 Å². The zero-order chi connectivity index (χ0) is 14.8. The van der Waals surface area contributed by atoms with Gasteiger partial charge in [-0.3, -0.25) is 0 Å². The molecule has 0 atom stereocenters. The lowest BCUT2D eigenvalue weighted by molar-refractivity contribution is 0.477. The summed E-state index contributed by atoms with van der Waals surface area (Å²) in [5, 5.41) is 2.40. The third-order valence-corrected chi connectivity index (χ3v) is 4.96. The van der Waals surface area contributed by atoms with E-state index in [0.29, 0.717) is 6.42 Å². The monoisotopic (exact) mass is 311 g/mol. The van der Waals surface area contributed by atoms with Crippen LogP contribution in [0.15, 0.2) is 23.6 Å². The average Bonchev–Trinajstić information content (AvgIpc) is 2.79. The minimum Gasteiger partial charge on any atom is -0.361 e. The van der Waals surface area contributed by atoms with Crippen molar-refractivity contribution < 1.29 is 12.6 Å². The van der Waals surface area contributed by atoms with Crippen molar-refractivity contribution in [3.05, 3.63) is 34.7 Å². The summed E-state index contributed by atoms with van der Waals surface area (Å²) in [6.07, 6.45) is 0.524. The molecule has 1 aromatic carbocycles. The first kappa shape index (κ1) is 15.0. The van der Waals surface area contributed by atoms with Crippen LogP contribution in [-0.4, -0.2) is 19.2 Å². The van der Waals surface area contributed by atoms with Crippen LogP contribution in [0.2, 0.25) is 0 Å². The van der Waals surface area contributed by atoms with Crippen molar-refractivity contribution in [2.24, 2.45) is 0 Å². The normalized spacial score (nSPS) is 11.6. The molecule has 4 nitrogen and oxygen atoms in total. The number of aromatic nitrogens is 1. The molecule has 1 heterocycles. The van der Waals surface area contributed by atoms with E-state index in [1.54, 1.807) is 12.3 Å². The minimum absolute atomic E-state index is 0.00331. The molecule has 0 amide bonds. The van der Waals surface area contributed by atoms with Gasteiger partial charge in [-0.1, -0.05) is 24.6 Å². The largest absolute Gasteiger partial charge is 0.361 e. The maximum atomic E-state index is 11.6. The summed E-state index contributed by atoms with van der Waals surface area (Å²) < 4.78 is 28.2. The van der Waals surface area contributed by atoms with Gasteiger partial charge in [-0.25, -0.2) is 4.98 Å². The third kappa shape index (κ3) is 3.58. The fraction of sp³-hybridized carbons (Fsp3) is 0.357. The number of thiazole rings is 1. The van der Waals surface area contributed by atoms with Gasteiger partial charge in [0, 0.05) is 5.56 Å². The number of hydrogen-bond acceptors (Lipinski definition) is 5. The number of aryl methyl sites for hydroxylation is 2. The van der Waals surface area contributed by atoms with Gasteiger partial charge in [0.05, 0.1) is 11.1 Å². The van der Waals surface area contributed by atoms with Crippen LogP contribution in [0.3, 0.4) is 0 Å². The first-order valence-electron chi connectivity index (χ1n) is 6.36. The number of rotatable bonds is 5. The Hall–Kier alpha value is -1.40. The molecule has 1 aromatic heterocycles. The van der Waals surface area contributed by atoms with Gasteiger partial charge >= 0.3 is 10.1 Å². The lowest BCUT2D eigenvalue weighted by atomic mass is 10.1. The SMILES string of the molecule is CCCS(=O)(=O)Oc1csc(-c2cc(C)ccc2C)n1. The Labute approximate surface area is 123 Å². The Balaban J connectivity index is 2.27. The molecule has 6 heteroatoms. The van der Waals surface area contributed by atoms with E-state index in [0.717, 1.165) is 21.7 Å². The molecule has 0 N–H and O–H groups in total. The zero-order valence-electron chi connectivity index (χ0n) is 11.7. The second kappa shape index (κ2) is 5.93. The Morgan fingerprint density at radius 3 is 2.75 bits per heavy atom. The van der Waals surface area contributed by atoms with E-state index in [4.69, 9.17) is 4.18 Å². The van der Waals surface area contributed by atoms with E-state index < -0.39 is 10.1 Å². The minimum atomic E-state index is -3.53. The summed E-state index contributed by atoms with van der Waals surface area (Å²) in [6, 6.07) is 6.11. The molecule has 20 heavy (non-hydrogen) atoms. The van der Waals surface area contributed by atoms with Gasteiger partial charge in [-0.2, -0.15) is 8.42 Å². The van der Waals surface area contributed by atoms with Gasteiger partial charge in [0.15, 0.2) is 0 Å². The van der Waals surface area contributed by atoms with Crippen LogP contribution in [0.5, 0.6) is 5.88 Å². The van der Waals surface area contributed by atoms with Crippen LogP contribution in [0.25, 0.3) is 10.6 Å². The van der Waals surface area contributed by atoms with E-state index in [1.165, 1.54) is 11.3 Å². The Bertz CT molecular complexity index is 705. The molecule has 0 bridgehead atoms. The molecule has 0 fully saturated rings. The molecular formula is C14H17NO3S2. The number of benzene rings is 1. The number of nitrogens with zero attached hydrogens (tertiary/aromatic N) is 1. The van der Waals surface area contributed by atoms with Crippen molar-refractivity contribution in [1.82, 2.24) is 4.98 Å². The van der Waals surface area contributed by atoms with Crippen LogP contribution >= 0.6 is 11.3 Å². The topological polar surface area (TPSA) is 56.3 Å². The lowest BCUT2D eigenvalue weighted by Gasteiger charge is -2.04. The highest BCUT2D eigenvalue weighted by molar-refractivity contribution is 7.87. The van der Waals surface area contributed by atoms with Gasteiger partial charge < -0.3 is 4.18 Å². The first-order valence-corrected chi connectivity index (χ1v) is 8.82. The highest BCUT2D eigenvalue weighted by Crippen LogP contribution is 2.30. The fourth-order valence-corrected chi connectivity index (χ4v) is 3.60. The van der Waals surface area contributed by atoms with Gasteiger partial charge in [0.2, 0.25) is 5.88 Å². The molecule has 0 unspecified atom stereocenters. The standard InChI is InChI=1S/C14H17NO3S2/c1-4-7-20(16,17)18-13-9-19-14(15-13)12-8-10(2)5-6-11(12)3/h5-6,8-9H,4,7H2,1-3H3. The van der Waals surface area contributed by atoms with Crippen LogP contribution in [0, 0.1) is 13.8 Å². The Kier molecular flexibility index (Phi) is 4.45. The smallest absolute Gasteiger partial charge is 0.310 e. The lowest BCUT2D eigenvalue weighted by Crippen LogP contribution is -2.13. The van der Waals surface area contributed by atoms with Gasteiger partial charge in [0.1, 0.15) is 5.01 Å². The maximum absolute atomic E-state index is 11.6. The molecule has 108 valence electrons. The quantitative estimate of drug-likeness (QED) is 0.792. The first-order chi connectivity index (χ1) is 9.41. The van der Waals surface area contributed by atoms with Crippen LogP contribution < -0.4 is 4.18 Å². The van der Waals surface area contributed by atoms with Gasteiger partial charge in [-0.15, -0.1) is 11.3 Å². The van der Waals surface area contributed by atoms with E-state index in [9.17, 15) is 8.42 Å². The second-order valence-electron chi connectivity index (χ2n) is 4.65. The molecule has 0 spiro atoms. The fourth-order valence-electron chi connectivity index (χ4n) is 1.81. The highest BCUT2D eigenvalue weighted by Gasteiger charge is 2.15. The van der Waals surface area contributed by atoms with E-state index in [-0.39, 0.29) is 11.6 Å². The maximum Gasteiger partial charge on any atom is 0.310 e. The van der Waals surface area contributed by atoms with Gasteiger partial charge in [-0.05, 0) is 31.9 Å². The Morgan fingerprint density at radius 2 is 2.05 bits per heavy atom. The predicted molar refractivity (Wildman–Crippen MR) is 81.7 cm³/mol. The van der Waals surface area contributed by atoms with E-state index in [2.05, 4.69) is 4.98 Å². The molecule has 0 saturated heterocycles. The molecule has 0 aliphatic carbocycles. The van der Waals surface area contributed by atoms with E-state index >= 15 is 0 Å². The predicted octanol–water partition coefficient (Wildman–Crippen LogP) is 3.55. The van der Waals surface area contributed by atoms with Gasteiger partial charge in [0.25, 0.3) is 0 Å². The summed E-state index contributed by atoms with van der Waals surface area (Å²) in [5.41, 5.74) is 3.26. The zero-order valence-corrected chi connectivity index (χ0v) is 13.3. The molecule has 0 radical (unpaired) electrons. The third-order valence-electron chi connectivity index (χ3n) is 2.77. The van der Waals surface area contributed by atoms with Crippen molar-refractivity contribution in [1.29, 1.82) is 0 Å². The molecule has 0 aliphatic rings.